The number of nitrogens with one attached hydrogen (secondary N) is 2. The molecule has 1 aromatic heterocycles. The number of hydrogen-bond donors (Lipinski definition) is 2. The van der Waals surface area contributed by atoms with Crippen molar-refractivity contribution in [3.8, 4) is 11.3 Å². The normalized spacial score (nSPS) is 16.0. The summed E-state index contributed by atoms with van der Waals surface area (Å²) in [6.07, 6.45) is -1.79. The molecule has 5 nitrogen and oxygen atoms in total. The van der Waals surface area contributed by atoms with E-state index in [0.717, 1.165) is 28.8 Å². The minimum atomic E-state index is -4.67. The van der Waals surface area contributed by atoms with E-state index in [4.69, 9.17) is 5.41 Å². The maximum absolute atomic E-state index is 13.4. The van der Waals surface area contributed by atoms with Crippen molar-refractivity contribution in [3.05, 3.63) is 76.6 Å². The van der Waals surface area contributed by atoms with Gasteiger partial charge in [0.25, 0.3) is 5.91 Å². The highest BCUT2D eigenvalue weighted by molar-refractivity contribution is 8.19. The highest BCUT2D eigenvalue weighted by atomic mass is 32.2. The highest BCUT2D eigenvalue weighted by Gasteiger charge is 2.40. The second-order valence-corrected chi connectivity index (χ2v) is 7.31. The van der Waals surface area contributed by atoms with Gasteiger partial charge < -0.3 is 0 Å². The summed E-state index contributed by atoms with van der Waals surface area (Å²) in [5.74, 6) is -1.15. The van der Waals surface area contributed by atoms with Crippen molar-refractivity contribution in [1.29, 1.82) is 5.41 Å². The Hall–Kier alpha value is -3.40. The molecule has 0 spiro atoms. The highest BCUT2D eigenvalue weighted by Crippen LogP contribution is 2.42. The van der Waals surface area contributed by atoms with Gasteiger partial charge in [-0.25, -0.2) is 4.39 Å². The average Bonchev–Trinajstić information content (AvgIpc) is 3.26. The molecule has 1 saturated heterocycles. The molecule has 1 aliphatic heterocycles. The summed E-state index contributed by atoms with van der Waals surface area (Å²) < 4.78 is 53.3. The number of amides is 1. The molecule has 30 heavy (non-hydrogen) atoms. The van der Waals surface area contributed by atoms with E-state index in [9.17, 15) is 22.4 Å². The second-order valence-electron chi connectivity index (χ2n) is 6.28. The van der Waals surface area contributed by atoms with E-state index in [1.165, 1.54) is 48.7 Å². The number of alkyl halides is 3. The molecule has 0 saturated carbocycles. The molecular formula is C20H12F4N4OS. The second kappa shape index (κ2) is 7.45. The minimum absolute atomic E-state index is 0.0711. The molecule has 3 aromatic rings. The lowest BCUT2D eigenvalue weighted by atomic mass is 10.1. The van der Waals surface area contributed by atoms with E-state index < -0.39 is 29.2 Å². The first-order valence-corrected chi connectivity index (χ1v) is 9.35. The number of H-pyrrole nitrogens is 1. The van der Waals surface area contributed by atoms with E-state index in [2.05, 4.69) is 10.2 Å². The number of aromatic nitrogens is 2. The van der Waals surface area contributed by atoms with Crippen LogP contribution in [-0.4, -0.2) is 21.3 Å². The molecule has 0 bridgehead atoms. The molecule has 1 fully saturated rings. The predicted molar refractivity (Wildman–Crippen MR) is 106 cm³/mol. The van der Waals surface area contributed by atoms with Crippen molar-refractivity contribution in [1.82, 2.24) is 10.2 Å². The largest absolute Gasteiger partial charge is 0.418 e. The Bertz CT molecular complexity index is 1170. The van der Waals surface area contributed by atoms with E-state index in [0.29, 0.717) is 16.8 Å². The molecule has 2 N–H and O–H groups in total. The molecule has 10 heteroatoms. The van der Waals surface area contributed by atoms with Crippen molar-refractivity contribution >= 4 is 34.6 Å². The molecule has 1 amide bonds. The van der Waals surface area contributed by atoms with Crippen LogP contribution >= 0.6 is 11.8 Å². The first-order chi connectivity index (χ1) is 14.3. The van der Waals surface area contributed by atoms with E-state index in [-0.39, 0.29) is 10.1 Å². The molecular weight excluding hydrogens is 420 g/mol. The molecule has 1 aliphatic rings. The smallest absolute Gasteiger partial charge is 0.278 e. The van der Waals surface area contributed by atoms with Crippen molar-refractivity contribution in [2.45, 2.75) is 6.18 Å². The SMILES string of the molecule is N=C1S/C(=C\c2cn[nH]c2-c2ccc(F)cc2)C(=O)N1c1ccccc1C(F)(F)F. The number of para-hydroxylation sites is 1. The first kappa shape index (κ1) is 19.9. The Labute approximate surface area is 171 Å². The number of carbonyl (C=O) groups excluding carboxylic acids is 1. The lowest BCUT2D eigenvalue weighted by Gasteiger charge is -2.19. The standard InChI is InChI=1S/C20H12F4N4OS/c21-13-7-5-11(6-8-13)17-12(10-26-27-17)9-16-18(29)28(19(25)30-16)15-4-2-1-3-14(15)20(22,23)24/h1-10,25H,(H,26,27)/b16-9-,25-19?. The fraction of sp³-hybridized carbons (Fsp3) is 0.0500. The maximum atomic E-state index is 13.4. The number of aromatic amines is 1. The van der Waals surface area contributed by atoms with Crippen LogP contribution < -0.4 is 4.90 Å². The number of amidine groups is 1. The molecule has 0 atom stereocenters. The van der Waals surface area contributed by atoms with Crippen LogP contribution in [0.2, 0.25) is 0 Å². The zero-order valence-corrected chi connectivity index (χ0v) is 15.8. The summed E-state index contributed by atoms with van der Waals surface area (Å²) in [7, 11) is 0. The van der Waals surface area contributed by atoms with Crippen LogP contribution in [-0.2, 0) is 11.0 Å². The Morgan fingerprint density at radius 2 is 1.80 bits per heavy atom. The zero-order chi connectivity index (χ0) is 21.5. The van der Waals surface area contributed by atoms with Crippen LogP contribution in [0.4, 0.5) is 23.2 Å². The molecule has 0 unspecified atom stereocenters. The third kappa shape index (κ3) is 3.61. The van der Waals surface area contributed by atoms with E-state index >= 15 is 0 Å². The number of benzene rings is 2. The summed E-state index contributed by atoms with van der Waals surface area (Å²) in [5.41, 5.74) is 0.209. The molecule has 0 aliphatic carbocycles. The van der Waals surface area contributed by atoms with E-state index in [1.807, 2.05) is 0 Å². The topological polar surface area (TPSA) is 72.8 Å². The van der Waals surface area contributed by atoms with Gasteiger partial charge >= 0.3 is 6.18 Å². The molecule has 0 radical (unpaired) electrons. The summed E-state index contributed by atoms with van der Waals surface area (Å²) in [6, 6.07) is 10.2. The van der Waals surface area contributed by atoms with Crippen molar-refractivity contribution in [3.63, 3.8) is 0 Å². The summed E-state index contributed by atoms with van der Waals surface area (Å²) in [5, 5.41) is 14.4. The third-order valence-electron chi connectivity index (χ3n) is 4.36. The van der Waals surface area contributed by atoms with Gasteiger partial charge in [0.2, 0.25) is 0 Å². The monoisotopic (exact) mass is 432 g/mol. The Balaban J connectivity index is 1.71. The van der Waals surface area contributed by atoms with Crippen LogP contribution in [0.3, 0.4) is 0 Å². The van der Waals surface area contributed by atoms with Gasteiger partial charge in [-0.3, -0.25) is 20.2 Å². The lowest BCUT2D eigenvalue weighted by molar-refractivity contribution is -0.137. The van der Waals surface area contributed by atoms with Gasteiger partial charge in [0.05, 0.1) is 28.0 Å². The number of thioether (sulfide) groups is 1. The fourth-order valence-corrected chi connectivity index (χ4v) is 3.85. The average molecular weight is 432 g/mol. The molecule has 2 aromatic carbocycles. The molecule has 152 valence electrons. The third-order valence-corrected chi connectivity index (χ3v) is 5.25. The van der Waals surface area contributed by atoms with Gasteiger partial charge in [-0.1, -0.05) is 12.1 Å². The number of carbonyl (C=O) groups is 1. The number of anilines is 1. The Kier molecular flexibility index (Phi) is 4.94. The first-order valence-electron chi connectivity index (χ1n) is 8.54. The van der Waals surface area contributed by atoms with Gasteiger partial charge in [-0.05, 0) is 54.2 Å². The minimum Gasteiger partial charge on any atom is -0.278 e. The van der Waals surface area contributed by atoms with Gasteiger partial charge in [0, 0.05) is 11.1 Å². The maximum Gasteiger partial charge on any atom is 0.418 e. The molecule has 2 heterocycles. The summed E-state index contributed by atoms with van der Waals surface area (Å²) in [6.45, 7) is 0. The van der Waals surface area contributed by atoms with Crippen LogP contribution in [0, 0.1) is 11.2 Å². The fourth-order valence-electron chi connectivity index (χ4n) is 3.01. The lowest BCUT2D eigenvalue weighted by Crippen LogP contribution is -2.30. The number of hydrogen-bond acceptors (Lipinski definition) is 4. The summed E-state index contributed by atoms with van der Waals surface area (Å²) >= 11 is 0.752. The van der Waals surface area contributed by atoms with Crippen LogP contribution in [0.15, 0.2) is 59.6 Å². The number of nitrogens with zero attached hydrogens (tertiary/aromatic N) is 2. The van der Waals surface area contributed by atoms with Crippen LogP contribution in [0.5, 0.6) is 0 Å². The van der Waals surface area contributed by atoms with Gasteiger partial charge in [-0.15, -0.1) is 0 Å². The van der Waals surface area contributed by atoms with Crippen molar-refractivity contribution in [2.75, 3.05) is 4.90 Å². The Morgan fingerprint density at radius 1 is 1.10 bits per heavy atom. The van der Waals surface area contributed by atoms with Crippen molar-refractivity contribution < 1.29 is 22.4 Å². The number of halogens is 4. The van der Waals surface area contributed by atoms with Crippen LogP contribution in [0.1, 0.15) is 11.1 Å². The van der Waals surface area contributed by atoms with Crippen LogP contribution in [0.25, 0.3) is 17.3 Å². The summed E-state index contributed by atoms with van der Waals surface area (Å²) in [4.78, 5) is 13.7. The van der Waals surface area contributed by atoms with E-state index in [1.54, 1.807) is 0 Å². The van der Waals surface area contributed by atoms with Gasteiger partial charge in [-0.2, -0.15) is 18.3 Å². The quantitative estimate of drug-likeness (QED) is 0.436. The zero-order valence-electron chi connectivity index (χ0n) is 15.0. The Morgan fingerprint density at radius 3 is 2.50 bits per heavy atom. The predicted octanol–water partition coefficient (Wildman–Crippen LogP) is 5.29. The number of rotatable bonds is 3. The molecule has 4 rings (SSSR count). The van der Waals surface area contributed by atoms with Gasteiger partial charge in [0.1, 0.15) is 5.82 Å². The van der Waals surface area contributed by atoms with Crippen molar-refractivity contribution in [2.24, 2.45) is 0 Å². The van der Waals surface area contributed by atoms with Gasteiger partial charge in [0.15, 0.2) is 5.17 Å².